The molecule has 0 saturated heterocycles. The lowest BCUT2D eigenvalue weighted by atomic mass is 10.2. The van der Waals surface area contributed by atoms with Crippen molar-refractivity contribution in [2.45, 2.75) is 6.54 Å². The van der Waals surface area contributed by atoms with Crippen LogP contribution in [-0.4, -0.2) is 14.5 Å². The van der Waals surface area contributed by atoms with Gasteiger partial charge in [0.25, 0.3) is 5.56 Å². The molecule has 0 amide bonds. The third-order valence-corrected chi connectivity index (χ3v) is 5.76. The van der Waals surface area contributed by atoms with Crippen molar-refractivity contribution < 1.29 is 9.13 Å². The number of fused-ring (bicyclic) bond motifs is 1. The maximum absolute atomic E-state index is 14.8. The molecular weight excluding hydrogens is 469 g/mol. The van der Waals surface area contributed by atoms with Gasteiger partial charge in [0.2, 0.25) is 0 Å². The van der Waals surface area contributed by atoms with Crippen molar-refractivity contribution in [3.63, 3.8) is 0 Å². The van der Waals surface area contributed by atoms with Crippen molar-refractivity contribution in [3.8, 4) is 11.5 Å². The van der Waals surface area contributed by atoms with Gasteiger partial charge in [-0.15, -0.1) is 0 Å². The fourth-order valence-corrected chi connectivity index (χ4v) is 3.81. The molecule has 7 nitrogen and oxygen atoms in total. The third kappa shape index (κ3) is 4.64. The molecule has 0 fully saturated rings. The second-order valence-electron chi connectivity index (χ2n) is 7.74. The molecule has 0 saturated carbocycles. The lowest BCUT2D eigenvalue weighted by molar-refractivity contribution is 0.442. The van der Waals surface area contributed by atoms with Crippen LogP contribution in [0.15, 0.2) is 90.1 Å². The number of hydrogen-bond donors (Lipinski definition) is 2. The number of ether oxygens (including phenoxy) is 1. The maximum Gasteiger partial charge on any atom is 0.262 e. The van der Waals surface area contributed by atoms with Crippen LogP contribution in [0.5, 0.6) is 11.5 Å². The maximum atomic E-state index is 14.8. The van der Waals surface area contributed by atoms with Crippen molar-refractivity contribution >= 4 is 39.7 Å². The predicted octanol–water partition coefficient (Wildman–Crippen LogP) is 5.75. The Labute approximate surface area is 204 Å². The Kier molecular flexibility index (Phi) is 6.03. The van der Waals surface area contributed by atoms with Crippen LogP contribution in [0.1, 0.15) is 5.56 Å². The Hall–Kier alpha value is -4.43. The summed E-state index contributed by atoms with van der Waals surface area (Å²) in [6.07, 6.45) is 4.76. The molecular formula is C26H19ClFN5O2. The molecule has 174 valence electrons. The van der Waals surface area contributed by atoms with Crippen molar-refractivity contribution in [2.75, 3.05) is 11.1 Å². The number of nitrogens with two attached hydrogens (primary N) is 1. The Morgan fingerprint density at radius 2 is 1.80 bits per heavy atom. The van der Waals surface area contributed by atoms with E-state index in [1.54, 1.807) is 29.1 Å². The average Bonchev–Trinajstić information content (AvgIpc) is 2.86. The van der Waals surface area contributed by atoms with E-state index in [2.05, 4.69) is 15.3 Å². The summed E-state index contributed by atoms with van der Waals surface area (Å²) in [6.45, 7) is 0.423. The van der Waals surface area contributed by atoms with Crippen LogP contribution >= 0.6 is 11.6 Å². The SMILES string of the molecule is Nc1nccc(Oc2ccc(Nc3nccc4ccn(Cc5ccccc5)c(=O)c34)cc2F)c1Cl. The Balaban J connectivity index is 1.45. The number of aromatic nitrogens is 3. The molecule has 0 unspecified atom stereocenters. The fourth-order valence-electron chi connectivity index (χ4n) is 3.66. The summed E-state index contributed by atoms with van der Waals surface area (Å²) in [5.41, 5.74) is 6.87. The first-order valence-electron chi connectivity index (χ1n) is 10.7. The topological polar surface area (TPSA) is 95.1 Å². The van der Waals surface area contributed by atoms with Gasteiger partial charge in [0, 0.05) is 36.4 Å². The van der Waals surface area contributed by atoms with Gasteiger partial charge < -0.3 is 20.4 Å². The predicted molar refractivity (Wildman–Crippen MR) is 135 cm³/mol. The number of hydrogen-bond acceptors (Lipinski definition) is 6. The van der Waals surface area contributed by atoms with E-state index in [9.17, 15) is 9.18 Å². The van der Waals surface area contributed by atoms with Gasteiger partial charge in [0.05, 0.1) is 11.9 Å². The van der Waals surface area contributed by atoms with Crippen LogP contribution < -0.4 is 21.3 Å². The van der Waals surface area contributed by atoms with Gasteiger partial charge in [-0.3, -0.25) is 4.79 Å². The lowest BCUT2D eigenvalue weighted by Crippen LogP contribution is -2.21. The molecule has 9 heteroatoms. The highest BCUT2D eigenvalue weighted by Crippen LogP contribution is 2.34. The Morgan fingerprint density at radius 3 is 2.60 bits per heavy atom. The fraction of sp³-hybridized carbons (Fsp3) is 0.0385. The molecule has 3 aromatic heterocycles. The number of nitrogens with one attached hydrogen (secondary N) is 1. The normalized spacial score (nSPS) is 10.9. The van der Waals surface area contributed by atoms with Gasteiger partial charge in [-0.1, -0.05) is 41.9 Å². The van der Waals surface area contributed by atoms with Crippen LogP contribution in [0.2, 0.25) is 5.02 Å². The molecule has 0 atom stereocenters. The van der Waals surface area contributed by atoms with Crippen LogP contribution in [-0.2, 0) is 6.54 Å². The molecule has 0 aliphatic rings. The van der Waals surface area contributed by atoms with Crippen LogP contribution in [0.25, 0.3) is 10.8 Å². The van der Waals surface area contributed by atoms with Crippen molar-refractivity contribution in [2.24, 2.45) is 0 Å². The van der Waals surface area contributed by atoms with Gasteiger partial charge in [-0.05, 0) is 35.2 Å². The molecule has 0 aliphatic carbocycles. The first-order valence-corrected chi connectivity index (χ1v) is 11.0. The number of pyridine rings is 3. The monoisotopic (exact) mass is 487 g/mol. The molecule has 3 N–H and O–H groups in total. The minimum absolute atomic E-state index is 0.0425. The number of benzene rings is 2. The van der Waals surface area contributed by atoms with Gasteiger partial charge >= 0.3 is 0 Å². The lowest BCUT2D eigenvalue weighted by Gasteiger charge is -2.13. The van der Waals surface area contributed by atoms with Crippen LogP contribution in [0.3, 0.4) is 0 Å². The molecule has 35 heavy (non-hydrogen) atoms. The highest BCUT2D eigenvalue weighted by molar-refractivity contribution is 6.34. The first kappa shape index (κ1) is 22.4. The highest BCUT2D eigenvalue weighted by Gasteiger charge is 2.13. The summed E-state index contributed by atoms with van der Waals surface area (Å²) in [4.78, 5) is 21.5. The van der Waals surface area contributed by atoms with E-state index >= 15 is 0 Å². The summed E-state index contributed by atoms with van der Waals surface area (Å²) in [5.74, 6) is -0.0773. The van der Waals surface area contributed by atoms with Crippen molar-refractivity contribution in [1.82, 2.24) is 14.5 Å². The summed E-state index contributed by atoms with van der Waals surface area (Å²) >= 11 is 6.08. The summed E-state index contributed by atoms with van der Waals surface area (Å²) in [7, 11) is 0. The van der Waals surface area contributed by atoms with E-state index in [0.29, 0.717) is 23.4 Å². The zero-order chi connectivity index (χ0) is 24.4. The third-order valence-electron chi connectivity index (χ3n) is 5.38. The zero-order valence-electron chi connectivity index (χ0n) is 18.3. The average molecular weight is 488 g/mol. The molecule has 5 aromatic rings. The second kappa shape index (κ2) is 9.44. The molecule has 0 spiro atoms. The Bertz CT molecular complexity index is 1590. The highest BCUT2D eigenvalue weighted by atomic mass is 35.5. The number of anilines is 3. The van der Waals surface area contributed by atoms with Gasteiger partial charge in [-0.25, -0.2) is 14.4 Å². The number of nitrogen functional groups attached to an aromatic ring is 1. The van der Waals surface area contributed by atoms with E-state index in [0.717, 1.165) is 10.9 Å². The van der Waals surface area contributed by atoms with E-state index in [4.69, 9.17) is 22.1 Å². The largest absolute Gasteiger partial charge is 0.453 e. The van der Waals surface area contributed by atoms with E-state index in [1.807, 2.05) is 36.4 Å². The molecule has 0 bridgehead atoms. The molecule has 0 aliphatic heterocycles. The van der Waals surface area contributed by atoms with Gasteiger partial charge in [0.15, 0.2) is 17.3 Å². The number of halogens is 2. The minimum Gasteiger partial charge on any atom is -0.453 e. The number of nitrogens with zero attached hydrogens (tertiary/aromatic N) is 3. The molecule has 5 rings (SSSR count). The smallest absolute Gasteiger partial charge is 0.262 e. The molecule has 3 heterocycles. The van der Waals surface area contributed by atoms with Crippen molar-refractivity contribution in [1.29, 1.82) is 0 Å². The van der Waals surface area contributed by atoms with Crippen LogP contribution in [0, 0.1) is 5.82 Å². The first-order chi connectivity index (χ1) is 17.0. The second-order valence-corrected chi connectivity index (χ2v) is 8.12. The van der Waals surface area contributed by atoms with Gasteiger partial charge in [0.1, 0.15) is 16.7 Å². The van der Waals surface area contributed by atoms with Crippen molar-refractivity contribution in [3.05, 3.63) is 112 Å². The van der Waals surface area contributed by atoms with Gasteiger partial charge in [-0.2, -0.15) is 0 Å². The Morgan fingerprint density at radius 1 is 1.00 bits per heavy atom. The molecule has 2 aromatic carbocycles. The van der Waals surface area contributed by atoms with E-state index in [1.165, 1.54) is 24.4 Å². The molecule has 0 radical (unpaired) electrons. The van der Waals surface area contributed by atoms with E-state index in [-0.39, 0.29) is 27.9 Å². The zero-order valence-corrected chi connectivity index (χ0v) is 19.0. The summed E-state index contributed by atoms with van der Waals surface area (Å²) in [6, 6.07) is 19.1. The summed E-state index contributed by atoms with van der Waals surface area (Å²) < 4.78 is 22.0. The number of rotatable bonds is 6. The van der Waals surface area contributed by atoms with Crippen LogP contribution in [0.4, 0.5) is 21.7 Å². The van der Waals surface area contributed by atoms with E-state index < -0.39 is 5.82 Å². The quantitative estimate of drug-likeness (QED) is 0.316. The summed E-state index contributed by atoms with van der Waals surface area (Å²) in [5, 5.41) is 4.29. The standard InChI is InChI=1S/C26H19ClFN5O2/c27-23-21(9-12-30-24(23)29)35-20-7-6-18(14-19(20)28)32-25-22-17(8-11-31-25)10-13-33(26(22)34)15-16-4-2-1-3-5-16/h1-14H,15H2,(H2,29,30)(H,31,32). The minimum atomic E-state index is -0.636.